The van der Waals surface area contributed by atoms with Gasteiger partial charge < -0.3 is 25.2 Å². The van der Waals surface area contributed by atoms with Gasteiger partial charge in [-0.3, -0.25) is 9.59 Å². The zero-order chi connectivity index (χ0) is 22.0. The van der Waals surface area contributed by atoms with Crippen molar-refractivity contribution in [1.29, 1.82) is 0 Å². The van der Waals surface area contributed by atoms with Crippen LogP contribution >= 0.6 is 0 Å². The summed E-state index contributed by atoms with van der Waals surface area (Å²) < 4.78 is 5.42. The second-order valence-electron chi connectivity index (χ2n) is 7.85. The predicted molar refractivity (Wildman–Crippen MR) is 111 cm³/mol. The Bertz CT molecular complexity index is 962. The summed E-state index contributed by atoms with van der Waals surface area (Å²) in [5.74, 6) is -1.88. The molecule has 8 heteroatoms. The van der Waals surface area contributed by atoms with Gasteiger partial charge in [0.25, 0.3) is 0 Å². The highest BCUT2D eigenvalue weighted by Gasteiger charge is 2.33. The first-order chi connectivity index (χ1) is 14.9. The van der Waals surface area contributed by atoms with E-state index in [1.54, 1.807) is 0 Å². The molecule has 2 unspecified atom stereocenters. The molecule has 1 fully saturated rings. The summed E-state index contributed by atoms with van der Waals surface area (Å²) in [4.78, 5) is 37.7. The average Bonchev–Trinajstić information content (AvgIpc) is 3.32. The monoisotopic (exact) mass is 424 g/mol. The number of aliphatic carboxylic acids is 1. The zero-order valence-electron chi connectivity index (χ0n) is 16.9. The Morgan fingerprint density at radius 3 is 2.23 bits per heavy atom. The van der Waals surface area contributed by atoms with Crippen molar-refractivity contribution in [2.75, 3.05) is 19.7 Å². The number of aliphatic hydroxyl groups is 1. The summed E-state index contributed by atoms with van der Waals surface area (Å²) in [7, 11) is 0. The van der Waals surface area contributed by atoms with Gasteiger partial charge >= 0.3 is 12.1 Å². The number of aliphatic hydroxyl groups excluding tert-OH is 1. The van der Waals surface area contributed by atoms with Crippen LogP contribution in [0.1, 0.15) is 29.9 Å². The predicted octanol–water partition coefficient (Wildman–Crippen LogP) is 1.96. The molecule has 0 bridgehead atoms. The third kappa shape index (κ3) is 4.39. The molecular weight excluding hydrogens is 400 g/mol. The lowest BCUT2D eigenvalue weighted by molar-refractivity contribution is -0.142. The maximum absolute atomic E-state index is 12.6. The third-order valence-electron chi connectivity index (χ3n) is 5.79. The number of alkyl carbamates (subject to hydrolysis) is 1. The second-order valence-corrected chi connectivity index (χ2v) is 7.85. The first-order valence-corrected chi connectivity index (χ1v) is 10.2. The van der Waals surface area contributed by atoms with E-state index in [-0.39, 0.29) is 19.1 Å². The van der Waals surface area contributed by atoms with Gasteiger partial charge in [-0.15, -0.1) is 0 Å². The number of benzene rings is 2. The van der Waals surface area contributed by atoms with Crippen molar-refractivity contribution in [1.82, 2.24) is 10.2 Å². The van der Waals surface area contributed by atoms with Gasteiger partial charge in [0.15, 0.2) is 0 Å². The van der Waals surface area contributed by atoms with E-state index in [1.165, 1.54) is 4.90 Å². The van der Waals surface area contributed by atoms with E-state index in [0.717, 1.165) is 22.3 Å². The number of ether oxygens (including phenoxy) is 1. The number of hydrogen-bond donors (Lipinski definition) is 3. The quantitative estimate of drug-likeness (QED) is 0.653. The van der Waals surface area contributed by atoms with Crippen molar-refractivity contribution in [3.63, 3.8) is 0 Å². The number of nitrogens with one attached hydrogen (secondary N) is 1. The van der Waals surface area contributed by atoms with Crippen LogP contribution in [0.25, 0.3) is 11.1 Å². The maximum atomic E-state index is 12.6. The molecule has 2 atom stereocenters. The van der Waals surface area contributed by atoms with E-state index < -0.39 is 36.5 Å². The molecule has 4 rings (SSSR count). The van der Waals surface area contributed by atoms with Gasteiger partial charge in [0.2, 0.25) is 5.91 Å². The number of rotatable bonds is 6. The van der Waals surface area contributed by atoms with Crippen LogP contribution in [-0.4, -0.2) is 64.9 Å². The summed E-state index contributed by atoms with van der Waals surface area (Å²) in [6.45, 7) is 0.514. The lowest BCUT2D eigenvalue weighted by Crippen LogP contribution is -2.49. The fourth-order valence-corrected chi connectivity index (χ4v) is 4.32. The Kier molecular flexibility index (Phi) is 5.90. The average molecular weight is 424 g/mol. The minimum Gasteiger partial charge on any atom is -0.481 e. The lowest BCUT2D eigenvalue weighted by atomic mass is 9.98. The zero-order valence-corrected chi connectivity index (χ0v) is 16.9. The second kappa shape index (κ2) is 8.77. The maximum Gasteiger partial charge on any atom is 0.407 e. The third-order valence-corrected chi connectivity index (χ3v) is 5.79. The summed E-state index contributed by atoms with van der Waals surface area (Å²) in [6.07, 6.45) is -1.61. The number of carboxylic acids is 1. The first-order valence-electron chi connectivity index (χ1n) is 10.2. The van der Waals surface area contributed by atoms with Crippen molar-refractivity contribution in [3.8, 4) is 11.1 Å². The van der Waals surface area contributed by atoms with Gasteiger partial charge in [-0.25, -0.2) is 4.79 Å². The molecule has 1 saturated heterocycles. The van der Waals surface area contributed by atoms with Crippen molar-refractivity contribution in [3.05, 3.63) is 59.7 Å². The topological polar surface area (TPSA) is 116 Å². The number of likely N-dealkylation sites (tertiary alicyclic amines) is 1. The fourth-order valence-electron chi connectivity index (χ4n) is 4.32. The van der Waals surface area contributed by atoms with Gasteiger partial charge in [0.1, 0.15) is 12.6 Å². The SMILES string of the molecule is O=C(O)CC(NC(=O)OCC1c2ccccc2-c2ccccc21)C(=O)N1CCC(O)C1. The lowest BCUT2D eigenvalue weighted by Gasteiger charge is -2.23. The number of carboxylic acid groups (broad SMARTS) is 1. The Labute approximate surface area is 179 Å². The number of β-amino-alcohol motifs (C(OH)–C–C–N with tert-alkyl or cyclic N) is 1. The molecule has 1 heterocycles. The first kappa shape index (κ1) is 20.9. The molecule has 31 heavy (non-hydrogen) atoms. The van der Waals surface area contributed by atoms with Gasteiger partial charge in [0.05, 0.1) is 12.5 Å². The summed E-state index contributed by atoms with van der Waals surface area (Å²) >= 11 is 0. The number of carbonyl (C=O) groups excluding carboxylic acids is 2. The highest BCUT2D eigenvalue weighted by atomic mass is 16.5. The van der Waals surface area contributed by atoms with E-state index in [4.69, 9.17) is 9.84 Å². The molecular formula is C23H24N2O6. The number of amides is 2. The molecule has 0 spiro atoms. The number of hydrogen-bond acceptors (Lipinski definition) is 5. The fraction of sp³-hybridized carbons (Fsp3) is 0.348. The number of fused-ring (bicyclic) bond motifs is 3. The van der Waals surface area contributed by atoms with Gasteiger partial charge in [0, 0.05) is 19.0 Å². The van der Waals surface area contributed by atoms with Crippen LogP contribution in [0.4, 0.5) is 4.79 Å². The summed E-state index contributed by atoms with van der Waals surface area (Å²) in [6, 6.07) is 14.6. The Hall–Kier alpha value is -3.39. The molecule has 0 aromatic heterocycles. The van der Waals surface area contributed by atoms with E-state index in [1.807, 2.05) is 48.5 Å². The highest BCUT2D eigenvalue weighted by molar-refractivity contribution is 5.89. The Morgan fingerprint density at radius 2 is 1.68 bits per heavy atom. The molecule has 2 aliphatic rings. The van der Waals surface area contributed by atoms with Crippen LogP contribution in [0.15, 0.2) is 48.5 Å². The van der Waals surface area contributed by atoms with E-state index >= 15 is 0 Å². The van der Waals surface area contributed by atoms with Gasteiger partial charge in [-0.05, 0) is 28.7 Å². The molecule has 0 saturated carbocycles. The van der Waals surface area contributed by atoms with Crippen LogP contribution in [0.3, 0.4) is 0 Å². The Balaban J connectivity index is 1.43. The van der Waals surface area contributed by atoms with Gasteiger partial charge in [-0.2, -0.15) is 0 Å². The molecule has 2 amide bonds. The van der Waals surface area contributed by atoms with Crippen molar-refractivity contribution in [2.45, 2.75) is 30.9 Å². The van der Waals surface area contributed by atoms with Crippen molar-refractivity contribution in [2.24, 2.45) is 0 Å². The molecule has 1 aliphatic carbocycles. The van der Waals surface area contributed by atoms with E-state index in [2.05, 4.69) is 5.32 Å². The van der Waals surface area contributed by atoms with Crippen LogP contribution in [0.2, 0.25) is 0 Å². The van der Waals surface area contributed by atoms with Crippen LogP contribution < -0.4 is 5.32 Å². The minimum atomic E-state index is -1.25. The number of nitrogens with zero attached hydrogens (tertiary/aromatic N) is 1. The molecule has 2 aromatic rings. The standard InChI is InChI=1S/C23H24N2O6/c26-14-9-10-25(12-14)22(29)20(11-21(27)28)24-23(30)31-13-19-17-7-3-1-5-15(17)16-6-2-4-8-18(16)19/h1-8,14,19-20,26H,9-13H2,(H,24,30)(H,27,28). The molecule has 2 aromatic carbocycles. The normalized spacial score (nSPS) is 18.2. The highest BCUT2D eigenvalue weighted by Crippen LogP contribution is 2.44. The molecule has 162 valence electrons. The van der Waals surface area contributed by atoms with Crippen LogP contribution in [0.5, 0.6) is 0 Å². The van der Waals surface area contributed by atoms with E-state index in [9.17, 15) is 19.5 Å². The minimum absolute atomic E-state index is 0.0657. The van der Waals surface area contributed by atoms with Crippen LogP contribution in [0, 0.1) is 0 Å². The molecule has 1 aliphatic heterocycles. The molecule has 3 N–H and O–H groups in total. The van der Waals surface area contributed by atoms with Gasteiger partial charge in [-0.1, -0.05) is 48.5 Å². The largest absolute Gasteiger partial charge is 0.481 e. The van der Waals surface area contributed by atoms with Crippen LogP contribution in [-0.2, 0) is 14.3 Å². The smallest absolute Gasteiger partial charge is 0.407 e. The molecule has 0 radical (unpaired) electrons. The van der Waals surface area contributed by atoms with Crippen molar-refractivity contribution < 1.29 is 29.3 Å². The van der Waals surface area contributed by atoms with E-state index in [0.29, 0.717) is 13.0 Å². The summed E-state index contributed by atoms with van der Waals surface area (Å²) in [5, 5.41) is 21.2. The van der Waals surface area contributed by atoms with Crippen molar-refractivity contribution >= 4 is 18.0 Å². The Morgan fingerprint density at radius 1 is 1.06 bits per heavy atom. The molecule has 8 nitrogen and oxygen atoms in total. The summed E-state index contributed by atoms with van der Waals surface area (Å²) in [5.41, 5.74) is 4.30. The number of carbonyl (C=O) groups is 3.